The first-order valence-corrected chi connectivity index (χ1v) is 5.91. The number of anilines is 1. The summed E-state index contributed by atoms with van der Waals surface area (Å²) in [6, 6.07) is 1.77. The minimum absolute atomic E-state index is 0.122. The summed E-state index contributed by atoms with van der Waals surface area (Å²) in [5.41, 5.74) is -0.122. The molecular weight excluding hydrogens is 220 g/mol. The maximum Gasteiger partial charge on any atom is 0.252 e. The van der Waals surface area contributed by atoms with Crippen LogP contribution in [0.4, 0.5) is 5.82 Å². The van der Waals surface area contributed by atoms with Crippen LogP contribution in [-0.4, -0.2) is 48.9 Å². The molecule has 1 fully saturated rings. The van der Waals surface area contributed by atoms with Crippen molar-refractivity contribution >= 4 is 5.82 Å². The molecule has 0 amide bonds. The van der Waals surface area contributed by atoms with Crippen molar-refractivity contribution in [2.24, 2.45) is 0 Å². The Bertz CT molecular complexity index is 406. The van der Waals surface area contributed by atoms with Gasteiger partial charge >= 0.3 is 0 Å². The van der Waals surface area contributed by atoms with E-state index in [-0.39, 0.29) is 11.6 Å². The lowest BCUT2D eigenvalue weighted by Gasteiger charge is -2.36. The van der Waals surface area contributed by atoms with Gasteiger partial charge in [0.2, 0.25) is 0 Å². The van der Waals surface area contributed by atoms with Crippen LogP contribution in [0.3, 0.4) is 0 Å². The molecule has 2 rings (SSSR count). The average Bonchev–Trinajstić information content (AvgIpc) is 2.37. The van der Waals surface area contributed by atoms with Gasteiger partial charge in [0.25, 0.3) is 5.56 Å². The second-order valence-corrected chi connectivity index (χ2v) is 4.00. The standard InChI is InChI=1S/C11H18N4O2/c1-2-12-6-9-7-17-4-3-15(9)10-5-11(16)14-8-13-10/h5,8-9,12H,2-4,6-7H2,1H3,(H,13,14,16). The van der Waals surface area contributed by atoms with Crippen LogP contribution in [-0.2, 0) is 4.74 Å². The second kappa shape index (κ2) is 5.79. The number of hydrogen-bond donors (Lipinski definition) is 2. The Labute approximate surface area is 100 Å². The van der Waals surface area contributed by atoms with Gasteiger partial charge in [0, 0.05) is 19.2 Å². The van der Waals surface area contributed by atoms with Crippen molar-refractivity contribution < 1.29 is 4.74 Å². The van der Waals surface area contributed by atoms with E-state index in [0.717, 1.165) is 25.5 Å². The summed E-state index contributed by atoms with van der Waals surface area (Å²) in [4.78, 5) is 20.1. The number of nitrogens with one attached hydrogen (secondary N) is 2. The van der Waals surface area contributed by atoms with Gasteiger partial charge in [-0.3, -0.25) is 4.79 Å². The monoisotopic (exact) mass is 238 g/mol. The number of likely N-dealkylation sites (N-methyl/N-ethyl adjacent to an activating group) is 1. The SMILES string of the molecule is CCNCC1COCCN1c1cc(=O)[nH]cn1. The third-order valence-electron chi connectivity index (χ3n) is 2.82. The molecular formula is C11H18N4O2. The first kappa shape index (κ1) is 12.1. The van der Waals surface area contributed by atoms with Crippen LogP contribution in [0.15, 0.2) is 17.2 Å². The first-order valence-electron chi connectivity index (χ1n) is 5.91. The van der Waals surface area contributed by atoms with Crippen molar-refractivity contribution in [2.75, 3.05) is 37.7 Å². The Morgan fingerprint density at radius 3 is 3.35 bits per heavy atom. The van der Waals surface area contributed by atoms with E-state index in [0.29, 0.717) is 13.2 Å². The van der Waals surface area contributed by atoms with Gasteiger partial charge in [-0.15, -0.1) is 0 Å². The molecule has 1 atom stereocenters. The largest absolute Gasteiger partial charge is 0.377 e. The average molecular weight is 238 g/mol. The number of hydrogen-bond acceptors (Lipinski definition) is 5. The minimum Gasteiger partial charge on any atom is -0.377 e. The molecule has 0 aromatic carbocycles. The molecule has 94 valence electrons. The molecule has 2 N–H and O–H groups in total. The maximum atomic E-state index is 11.3. The molecule has 6 nitrogen and oxygen atoms in total. The molecule has 1 saturated heterocycles. The third kappa shape index (κ3) is 3.04. The Kier molecular flexibility index (Phi) is 4.11. The molecule has 6 heteroatoms. The number of rotatable bonds is 4. The van der Waals surface area contributed by atoms with Crippen LogP contribution >= 0.6 is 0 Å². The first-order chi connectivity index (χ1) is 8.31. The summed E-state index contributed by atoms with van der Waals surface area (Å²) in [5, 5.41) is 3.30. The van der Waals surface area contributed by atoms with Crippen LogP contribution < -0.4 is 15.8 Å². The number of aromatic amines is 1. The van der Waals surface area contributed by atoms with Crippen molar-refractivity contribution in [3.8, 4) is 0 Å². The van der Waals surface area contributed by atoms with E-state index in [1.807, 2.05) is 0 Å². The van der Waals surface area contributed by atoms with Gasteiger partial charge in [-0.05, 0) is 6.54 Å². The lowest BCUT2D eigenvalue weighted by Crippen LogP contribution is -2.51. The van der Waals surface area contributed by atoms with Gasteiger partial charge < -0.3 is 19.9 Å². The van der Waals surface area contributed by atoms with E-state index in [2.05, 4.69) is 27.1 Å². The fourth-order valence-corrected chi connectivity index (χ4v) is 1.95. The van der Waals surface area contributed by atoms with Gasteiger partial charge in [-0.1, -0.05) is 6.92 Å². The molecule has 1 aromatic rings. The number of H-pyrrole nitrogens is 1. The molecule has 0 saturated carbocycles. The highest BCUT2D eigenvalue weighted by Crippen LogP contribution is 2.14. The van der Waals surface area contributed by atoms with Crippen molar-refractivity contribution in [1.29, 1.82) is 0 Å². The topological polar surface area (TPSA) is 70.2 Å². The highest BCUT2D eigenvalue weighted by atomic mass is 16.5. The second-order valence-electron chi connectivity index (χ2n) is 4.00. The van der Waals surface area contributed by atoms with Crippen LogP contribution in [0.5, 0.6) is 0 Å². The number of aromatic nitrogens is 2. The third-order valence-corrected chi connectivity index (χ3v) is 2.82. The number of morpholine rings is 1. The number of ether oxygens (including phenoxy) is 1. The van der Waals surface area contributed by atoms with Gasteiger partial charge in [0.05, 0.1) is 25.6 Å². The van der Waals surface area contributed by atoms with E-state index < -0.39 is 0 Å². The zero-order valence-electron chi connectivity index (χ0n) is 9.98. The lowest BCUT2D eigenvalue weighted by molar-refractivity contribution is 0.0935. The van der Waals surface area contributed by atoms with Crippen LogP contribution in [0, 0.1) is 0 Å². The predicted octanol–water partition coefficient (Wildman–Crippen LogP) is -0.415. The summed E-state index contributed by atoms with van der Waals surface area (Å²) in [6.07, 6.45) is 1.44. The van der Waals surface area contributed by atoms with E-state index in [4.69, 9.17) is 4.74 Å². The summed E-state index contributed by atoms with van der Waals surface area (Å²) >= 11 is 0. The molecule has 1 aromatic heterocycles. The molecule has 17 heavy (non-hydrogen) atoms. The zero-order chi connectivity index (χ0) is 12.1. The minimum atomic E-state index is -0.122. The fraction of sp³-hybridized carbons (Fsp3) is 0.636. The molecule has 0 bridgehead atoms. The van der Waals surface area contributed by atoms with Gasteiger partial charge in [0.1, 0.15) is 5.82 Å². The van der Waals surface area contributed by atoms with E-state index in [9.17, 15) is 4.79 Å². The van der Waals surface area contributed by atoms with Gasteiger partial charge in [0.15, 0.2) is 0 Å². The van der Waals surface area contributed by atoms with Crippen molar-refractivity contribution in [1.82, 2.24) is 15.3 Å². The van der Waals surface area contributed by atoms with E-state index in [1.165, 1.54) is 12.4 Å². The lowest BCUT2D eigenvalue weighted by atomic mass is 10.2. The summed E-state index contributed by atoms with van der Waals surface area (Å²) < 4.78 is 5.47. The quantitative estimate of drug-likeness (QED) is 0.746. The Morgan fingerprint density at radius 1 is 1.71 bits per heavy atom. The van der Waals surface area contributed by atoms with Crippen LogP contribution in [0.2, 0.25) is 0 Å². The summed E-state index contributed by atoms with van der Waals surface area (Å²) in [6.45, 7) is 5.95. The predicted molar refractivity (Wildman–Crippen MR) is 65.4 cm³/mol. The Balaban J connectivity index is 2.12. The molecule has 0 spiro atoms. The number of nitrogens with zero attached hydrogens (tertiary/aromatic N) is 2. The van der Waals surface area contributed by atoms with Crippen LogP contribution in [0.25, 0.3) is 0 Å². The zero-order valence-corrected chi connectivity index (χ0v) is 9.98. The fourth-order valence-electron chi connectivity index (χ4n) is 1.95. The summed E-state index contributed by atoms with van der Waals surface area (Å²) in [5.74, 6) is 0.722. The van der Waals surface area contributed by atoms with Gasteiger partial charge in [-0.2, -0.15) is 0 Å². The highest BCUT2D eigenvalue weighted by Gasteiger charge is 2.23. The van der Waals surface area contributed by atoms with E-state index >= 15 is 0 Å². The Morgan fingerprint density at radius 2 is 2.59 bits per heavy atom. The van der Waals surface area contributed by atoms with Crippen molar-refractivity contribution in [2.45, 2.75) is 13.0 Å². The molecule has 2 heterocycles. The Hall–Kier alpha value is -1.40. The van der Waals surface area contributed by atoms with Crippen molar-refractivity contribution in [3.63, 3.8) is 0 Å². The highest BCUT2D eigenvalue weighted by molar-refractivity contribution is 5.38. The van der Waals surface area contributed by atoms with E-state index in [1.54, 1.807) is 0 Å². The van der Waals surface area contributed by atoms with Crippen molar-refractivity contribution in [3.05, 3.63) is 22.7 Å². The molecule has 1 unspecified atom stereocenters. The normalized spacial score (nSPS) is 20.5. The smallest absolute Gasteiger partial charge is 0.252 e. The maximum absolute atomic E-state index is 11.3. The molecule has 0 aliphatic carbocycles. The molecule has 1 aliphatic heterocycles. The van der Waals surface area contributed by atoms with Crippen LogP contribution in [0.1, 0.15) is 6.92 Å². The summed E-state index contributed by atoms with van der Waals surface area (Å²) in [7, 11) is 0. The molecule has 0 radical (unpaired) electrons. The van der Waals surface area contributed by atoms with Gasteiger partial charge in [-0.25, -0.2) is 4.98 Å². The molecule has 1 aliphatic rings.